The first-order valence-electron chi connectivity index (χ1n) is 12.5. The first-order chi connectivity index (χ1) is 16.2. The summed E-state index contributed by atoms with van der Waals surface area (Å²) in [5.74, 6) is 0.396. The van der Waals surface area contributed by atoms with Crippen molar-refractivity contribution in [1.29, 1.82) is 0 Å². The molecule has 2 heteroatoms. The summed E-state index contributed by atoms with van der Waals surface area (Å²) in [6.07, 6.45) is 10.3. The van der Waals surface area contributed by atoms with Gasteiger partial charge in [0.2, 0.25) is 0 Å². The number of halogens is 1. The van der Waals surface area contributed by atoms with Crippen LogP contribution >= 0.6 is 11.6 Å². The van der Waals surface area contributed by atoms with E-state index in [-0.39, 0.29) is 10.8 Å². The molecule has 0 fully saturated rings. The molecule has 0 spiro atoms. The summed E-state index contributed by atoms with van der Waals surface area (Å²) in [5.41, 5.74) is 11.3. The number of fused-ring (bicyclic) bond motifs is 4. The third-order valence-corrected chi connectivity index (χ3v) is 8.56. The lowest BCUT2D eigenvalue weighted by Gasteiger charge is -2.42. The normalized spacial score (nSPS) is 21.5. The average Bonchev–Trinajstić information content (AvgIpc) is 3.16. The van der Waals surface area contributed by atoms with Crippen LogP contribution < -0.4 is 4.90 Å². The molecule has 0 radical (unpaired) electrons. The van der Waals surface area contributed by atoms with Gasteiger partial charge in [-0.15, -0.1) is 0 Å². The van der Waals surface area contributed by atoms with E-state index in [1.54, 1.807) is 0 Å². The predicted molar refractivity (Wildman–Crippen MR) is 145 cm³/mol. The van der Waals surface area contributed by atoms with Crippen molar-refractivity contribution in [2.75, 3.05) is 4.90 Å². The SMILES string of the molecule is CC1(C)CCC(C)(C)c2cc(N3C4=CC=CCC4c4cc(-c5ccc(Cl)cc5)ccc43)ccc21. The second kappa shape index (κ2) is 7.62. The number of benzene rings is 3. The highest BCUT2D eigenvalue weighted by Gasteiger charge is 2.39. The zero-order valence-corrected chi connectivity index (χ0v) is 21.3. The summed E-state index contributed by atoms with van der Waals surface area (Å²) in [6, 6.07) is 22.4. The molecule has 1 nitrogen and oxygen atoms in total. The van der Waals surface area contributed by atoms with Crippen LogP contribution in [0.15, 0.2) is 84.6 Å². The largest absolute Gasteiger partial charge is 0.313 e. The fraction of sp³-hybridized carbons (Fsp3) is 0.312. The summed E-state index contributed by atoms with van der Waals surface area (Å²) in [4.78, 5) is 2.51. The molecule has 0 amide bonds. The number of hydrogen-bond donors (Lipinski definition) is 0. The van der Waals surface area contributed by atoms with E-state index in [1.165, 1.54) is 57.7 Å². The van der Waals surface area contributed by atoms with Crippen LogP contribution in [0.1, 0.15) is 69.6 Å². The van der Waals surface area contributed by atoms with Gasteiger partial charge in [0.05, 0.1) is 0 Å². The van der Waals surface area contributed by atoms with Crippen LogP contribution in [0.3, 0.4) is 0 Å². The van der Waals surface area contributed by atoms with Crippen LogP contribution in [0.25, 0.3) is 11.1 Å². The van der Waals surface area contributed by atoms with Gasteiger partial charge in [0.25, 0.3) is 0 Å². The highest BCUT2D eigenvalue weighted by atomic mass is 35.5. The average molecular weight is 466 g/mol. The fourth-order valence-electron chi connectivity index (χ4n) is 6.14. The zero-order chi connectivity index (χ0) is 23.7. The summed E-state index contributed by atoms with van der Waals surface area (Å²) in [5, 5.41) is 0.775. The molecule has 34 heavy (non-hydrogen) atoms. The molecule has 1 atom stereocenters. The Balaban J connectivity index is 1.49. The topological polar surface area (TPSA) is 3.24 Å². The summed E-state index contributed by atoms with van der Waals surface area (Å²) in [7, 11) is 0. The molecule has 172 valence electrons. The van der Waals surface area contributed by atoms with Gasteiger partial charge in [0, 0.05) is 28.0 Å². The smallest absolute Gasteiger partial charge is 0.0497 e. The number of allylic oxidation sites excluding steroid dienone is 4. The Hall–Kier alpha value is -2.77. The lowest BCUT2D eigenvalue weighted by molar-refractivity contribution is 0.332. The van der Waals surface area contributed by atoms with Crippen molar-refractivity contribution >= 4 is 23.0 Å². The van der Waals surface area contributed by atoms with Crippen molar-refractivity contribution in [3.05, 3.63) is 106 Å². The monoisotopic (exact) mass is 465 g/mol. The first-order valence-corrected chi connectivity index (χ1v) is 12.8. The Labute approximate surface area is 208 Å². The minimum atomic E-state index is 0.197. The molecule has 1 aliphatic heterocycles. The van der Waals surface area contributed by atoms with E-state index in [4.69, 9.17) is 11.6 Å². The van der Waals surface area contributed by atoms with Gasteiger partial charge >= 0.3 is 0 Å². The first kappa shape index (κ1) is 21.7. The van der Waals surface area contributed by atoms with Crippen LogP contribution in [0.2, 0.25) is 5.02 Å². The second-order valence-electron chi connectivity index (χ2n) is 11.4. The third kappa shape index (κ3) is 3.36. The molecule has 0 bridgehead atoms. The van der Waals surface area contributed by atoms with Crippen LogP contribution in [0, 0.1) is 0 Å². The van der Waals surface area contributed by atoms with Gasteiger partial charge in [-0.05, 0) is 100 Å². The minimum absolute atomic E-state index is 0.197. The van der Waals surface area contributed by atoms with Crippen molar-refractivity contribution in [3.8, 4) is 11.1 Å². The van der Waals surface area contributed by atoms with E-state index in [1.807, 2.05) is 12.1 Å². The summed E-state index contributed by atoms with van der Waals surface area (Å²) >= 11 is 6.14. The third-order valence-electron chi connectivity index (χ3n) is 8.31. The summed E-state index contributed by atoms with van der Waals surface area (Å²) in [6.45, 7) is 9.61. The van der Waals surface area contributed by atoms with Gasteiger partial charge in [0.1, 0.15) is 0 Å². The maximum Gasteiger partial charge on any atom is 0.0497 e. The molecule has 0 saturated carbocycles. The van der Waals surface area contributed by atoms with Gasteiger partial charge in [-0.25, -0.2) is 0 Å². The minimum Gasteiger partial charge on any atom is -0.313 e. The molecule has 1 heterocycles. The molecule has 3 aromatic carbocycles. The van der Waals surface area contributed by atoms with E-state index in [0.717, 1.165) is 11.4 Å². The maximum atomic E-state index is 6.14. The molecule has 3 aromatic rings. The Bertz CT molecular complexity index is 1340. The van der Waals surface area contributed by atoms with Gasteiger partial charge in [0.15, 0.2) is 0 Å². The Morgan fingerprint density at radius 3 is 2.26 bits per heavy atom. The van der Waals surface area contributed by atoms with E-state index < -0.39 is 0 Å². The van der Waals surface area contributed by atoms with E-state index >= 15 is 0 Å². The summed E-state index contributed by atoms with van der Waals surface area (Å²) < 4.78 is 0. The van der Waals surface area contributed by atoms with Crippen LogP contribution in [0.4, 0.5) is 11.4 Å². The fourth-order valence-corrected chi connectivity index (χ4v) is 6.26. The van der Waals surface area contributed by atoms with Crippen LogP contribution in [-0.2, 0) is 10.8 Å². The molecular weight excluding hydrogens is 434 g/mol. The number of anilines is 2. The van der Waals surface area contributed by atoms with Crippen LogP contribution in [0.5, 0.6) is 0 Å². The quantitative estimate of drug-likeness (QED) is 0.364. The van der Waals surface area contributed by atoms with Crippen molar-refractivity contribution in [2.45, 2.75) is 63.7 Å². The Kier molecular flexibility index (Phi) is 4.87. The number of nitrogens with zero attached hydrogens (tertiary/aromatic N) is 1. The van der Waals surface area contributed by atoms with Crippen molar-refractivity contribution in [2.24, 2.45) is 0 Å². The molecule has 6 rings (SSSR count). The van der Waals surface area contributed by atoms with E-state index in [0.29, 0.717) is 5.92 Å². The van der Waals surface area contributed by atoms with E-state index in [2.05, 4.69) is 99.4 Å². The molecule has 0 saturated heterocycles. The van der Waals surface area contributed by atoms with Crippen molar-refractivity contribution in [3.63, 3.8) is 0 Å². The lowest BCUT2D eigenvalue weighted by Crippen LogP contribution is -2.34. The number of hydrogen-bond acceptors (Lipinski definition) is 1. The highest BCUT2D eigenvalue weighted by molar-refractivity contribution is 6.30. The van der Waals surface area contributed by atoms with Crippen molar-refractivity contribution < 1.29 is 0 Å². The Morgan fingerprint density at radius 1 is 0.794 bits per heavy atom. The molecule has 1 unspecified atom stereocenters. The van der Waals surface area contributed by atoms with Gasteiger partial charge in [-0.1, -0.05) is 75.7 Å². The van der Waals surface area contributed by atoms with Gasteiger partial charge in [-0.2, -0.15) is 0 Å². The highest BCUT2D eigenvalue weighted by Crippen LogP contribution is 2.53. The van der Waals surface area contributed by atoms with Crippen LogP contribution in [-0.4, -0.2) is 0 Å². The molecule has 0 N–H and O–H groups in total. The standard InChI is InChI=1S/C32H32ClN/c1-31(2)17-18-32(3,4)28-20-24(14-15-27(28)31)34-29-8-6-5-7-25(29)26-19-22(11-16-30(26)34)21-9-12-23(33)13-10-21/h5-6,8-16,19-20,25H,7,17-18H2,1-4H3. The Morgan fingerprint density at radius 2 is 1.50 bits per heavy atom. The lowest BCUT2D eigenvalue weighted by atomic mass is 9.63. The number of rotatable bonds is 2. The zero-order valence-electron chi connectivity index (χ0n) is 20.5. The molecular formula is C32H32ClN. The van der Waals surface area contributed by atoms with Crippen molar-refractivity contribution in [1.82, 2.24) is 0 Å². The predicted octanol–water partition coefficient (Wildman–Crippen LogP) is 9.44. The second-order valence-corrected chi connectivity index (χ2v) is 11.9. The van der Waals surface area contributed by atoms with Gasteiger partial charge < -0.3 is 4.90 Å². The van der Waals surface area contributed by atoms with E-state index in [9.17, 15) is 0 Å². The maximum absolute atomic E-state index is 6.14. The molecule has 2 aliphatic carbocycles. The molecule has 3 aliphatic rings. The molecule has 0 aromatic heterocycles. The van der Waals surface area contributed by atoms with Gasteiger partial charge in [-0.3, -0.25) is 0 Å².